The van der Waals surface area contributed by atoms with Crippen LogP contribution < -0.4 is 19.6 Å². The predicted molar refractivity (Wildman–Crippen MR) is 154 cm³/mol. The van der Waals surface area contributed by atoms with Crippen LogP contribution in [0, 0.1) is 0 Å². The second-order valence-electron chi connectivity index (χ2n) is 8.04. The van der Waals surface area contributed by atoms with Gasteiger partial charge in [0.2, 0.25) is 5.75 Å². The number of carbonyl (C=O) groups excluding carboxylic acids is 1. The van der Waals surface area contributed by atoms with Crippen LogP contribution in [-0.4, -0.2) is 53.5 Å². The summed E-state index contributed by atoms with van der Waals surface area (Å²) in [6.45, 7) is 1.77. The molecule has 1 N–H and O–H groups in total. The van der Waals surface area contributed by atoms with Crippen molar-refractivity contribution in [3.8, 4) is 34.3 Å². The number of thioether (sulfide) groups is 1. The van der Waals surface area contributed by atoms with Crippen molar-refractivity contribution < 1.29 is 19.0 Å². The van der Waals surface area contributed by atoms with E-state index in [1.54, 1.807) is 58.6 Å². The molecule has 0 atom stereocenters. The maximum absolute atomic E-state index is 12.6. The molecule has 0 bridgehead atoms. The van der Waals surface area contributed by atoms with Gasteiger partial charge >= 0.3 is 0 Å². The summed E-state index contributed by atoms with van der Waals surface area (Å²) in [7, 11) is 4.64. The van der Waals surface area contributed by atoms with E-state index in [1.807, 2.05) is 34.9 Å². The molecule has 4 aromatic rings. The number of hydrazone groups is 1. The fourth-order valence-electron chi connectivity index (χ4n) is 3.66. The van der Waals surface area contributed by atoms with Crippen LogP contribution in [0.3, 0.4) is 0 Å². The van der Waals surface area contributed by atoms with Gasteiger partial charge < -0.3 is 14.2 Å². The minimum absolute atomic E-state index is 0.0539. The first-order valence-corrected chi connectivity index (χ1v) is 13.3. The van der Waals surface area contributed by atoms with Gasteiger partial charge in [-0.05, 0) is 48.9 Å². The highest BCUT2D eigenvalue weighted by atomic mass is 35.5. The van der Waals surface area contributed by atoms with Crippen molar-refractivity contribution in [3.05, 3.63) is 76.3 Å². The molecule has 1 amide bonds. The van der Waals surface area contributed by atoms with E-state index in [0.717, 1.165) is 11.3 Å². The van der Waals surface area contributed by atoms with Gasteiger partial charge in [-0.2, -0.15) is 5.10 Å². The van der Waals surface area contributed by atoms with Crippen LogP contribution in [0.15, 0.2) is 70.9 Å². The maximum atomic E-state index is 12.6. The first kappa shape index (κ1) is 28.3. The molecular weight excluding hydrogens is 561 g/mol. The maximum Gasteiger partial charge on any atom is 0.250 e. The van der Waals surface area contributed by atoms with Crippen molar-refractivity contribution in [1.82, 2.24) is 20.2 Å². The fraction of sp³-hybridized carbons (Fsp3) is 0.185. The third-order valence-electron chi connectivity index (χ3n) is 5.59. The molecule has 39 heavy (non-hydrogen) atoms. The first-order chi connectivity index (χ1) is 18.9. The van der Waals surface area contributed by atoms with E-state index < -0.39 is 0 Å². The Morgan fingerprint density at radius 2 is 1.64 bits per heavy atom. The molecule has 1 heterocycles. The standard InChI is InChI=1S/C27H25Cl2N5O4S/c1-16(17-10-11-20(28)21(29)12-17)30-31-24(35)15-39-27-33-32-26(34(27)19-8-6-5-7-9-19)18-13-22(36-2)25(38-4)23(14-18)37-3/h5-14H,15H2,1-4H3,(H,31,35). The highest BCUT2D eigenvalue weighted by Gasteiger charge is 2.21. The highest BCUT2D eigenvalue weighted by molar-refractivity contribution is 7.99. The number of amides is 1. The number of hydrogen-bond acceptors (Lipinski definition) is 8. The second-order valence-corrected chi connectivity index (χ2v) is 9.80. The molecule has 3 aromatic carbocycles. The van der Waals surface area contributed by atoms with E-state index in [1.165, 1.54) is 11.8 Å². The lowest BCUT2D eigenvalue weighted by molar-refractivity contribution is -0.118. The molecule has 0 saturated carbocycles. The van der Waals surface area contributed by atoms with Crippen LogP contribution in [0.2, 0.25) is 10.0 Å². The quantitative estimate of drug-likeness (QED) is 0.140. The van der Waals surface area contributed by atoms with Crippen molar-refractivity contribution in [2.75, 3.05) is 27.1 Å². The zero-order valence-corrected chi connectivity index (χ0v) is 23.9. The third kappa shape index (κ3) is 6.47. The molecule has 0 aliphatic rings. The van der Waals surface area contributed by atoms with E-state index in [2.05, 4.69) is 20.7 Å². The summed E-state index contributed by atoms with van der Waals surface area (Å²) in [4.78, 5) is 12.6. The van der Waals surface area contributed by atoms with Crippen LogP contribution in [0.1, 0.15) is 12.5 Å². The lowest BCUT2D eigenvalue weighted by Gasteiger charge is -2.15. The number of nitrogens with zero attached hydrogens (tertiary/aromatic N) is 4. The molecule has 0 saturated heterocycles. The average Bonchev–Trinajstić information content (AvgIpc) is 3.39. The summed E-state index contributed by atoms with van der Waals surface area (Å²) in [6.07, 6.45) is 0. The number of para-hydroxylation sites is 1. The number of rotatable bonds is 10. The highest BCUT2D eigenvalue weighted by Crippen LogP contribution is 2.41. The van der Waals surface area contributed by atoms with Gasteiger partial charge in [0.05, 0.1) is 42.8 Å². The molecule has 1 aromatic heterocycles. The molecule has 0 aliphatic heterocycles. The Balaban J connectivity index is 1.60. The summed E-state index contributed by atoms with van der Waals surface area (Å²) in [5.41, 5.74) is 5.42. The second kappa shape index (κ2) is 12.9. The van der Waals surface area contributed by atoms with Crippen molar-refractivity contribution in [1.29, 1.82) is 0 Å². The monoisotopic (exact) mass is 585 g/mol. The van der Waals surface area contributed by atoms with Gasteiger partial charge in [0.15, 0.2) is 22.5 Å². The van der Waals surface area contributed by atoms with Gasteiger partial charge in [0.25, 0.3) is 5.91 Å². The SMILES string of the molecule is COc1cc(-c2nnc(SCC(=O)NN=C(C)c3ccc(Cl)c(Cl)c3)n2-c2ccccc2)cc(OC)c1OC. The van der Waals surface area contributed by atoms with Crippen molar-refractivity contribution in [2.24, 2.45) is 5.10 Å². The summed E-state index contributed by atoms with van der Waals surface area (Å²) >= 11 is 13.3. The van der Waals surface area contributed by atoms with Gasteiger partial charge in [-0.1, -0.05) is 59.2 Å². The number of nitrogens with one attached hydrogen (secondary N) is 1. The Morgan fingerprint density at radius 1 is 0.949 bits per heavy atom. The lowest BCUT2D eigenvalue weighted by atomic mass is 10.1. The zero-order valence-electron chi connectivity index (χ0n) is 21.6. The molecule has 0 unspecified atom stereocenters. The molecular formula is C27H25Cl2N5O4S. The van der Waals surface area contributed by atoms with E-state index in [4.69, 9.17) is 37.4 Å². The van der Waals surface area contributed by atoms with Crippen LogP contribution in [0.4, 0.5) is 0 Å². The lowest BCUT2D eigenvalue weighted by Crippen LogP contribution is -2.21. The molecule has 9 nitrogen and oxygen atoms in total. The first-order valence-electron chi connectivity index (χ1n) is 11.6. The largest absolute Gasteiger partial charge is 0.493 e. The molecule has 202 valence electrons. The molecule has 0 fully saturated rings. The molecule has 0 radical (unpaired) electrons. The fourth-order valence-corrected chi connectivity index (χ4v) is 4.71. The number of methoxy groups -OCH3 is 3. The molecule has 4 rings (SSSR count). The van der Waals surface area contributed by atoms with Crippen LogP contribution in [0.25, 0.3) is 17.1 Å². The number of ether oxygens (including phenoxy) is 3. The van der Waals surface area contributed by atoms with Gasteiger partial charge in [0.1, 0.15) is 0 Å². The minimum atomic E-state index is -0.309. The van der Waals surface area contributed by atoms with E-state index in [9.17, 15) is 4.79 Å². The van der Waals surface area contributed by atoms with Gasteiger partial charge in [-0.3, -0.25) is 9.36 Å². The number of hydrogen-bond donors (Lipinski definition) is 1. The predicted octanol–water partition coefficient (Wildman–Crippen LogP) is 5.90. The number of halogens is 2. The summed E-state index contributed by atoms with van der Waals surface area (Å²) in [6, 6.07) is 18.3. The van der Waals surface area contributed by atoms with Crippen molar-refractivity contribution in [2.45, 2.75) is 12.1 Å². The van der Waals surface area contributed by atoms with Gasteiger partial charge in [-0.25, -0.2) is 5.43 Å². The summed E-state index contributed by atoms with van der Waals surface area (Å²) in [5, 5.41) is 14.4. The number of carbonyl (C=O) groups is 1. The molecule has 0 spiro atoms. The minimum Gasteiger partial charge on any atom is -0.493 e. The van der Waals surface area contributed by atoms with Crippen LogP contribution in [0.5, 0.6) is 17.2 Å². The zero-order chi connectivity index (χ0) is 27.9. The van der Waals surface area contributed by atoms with Crippen molar-refractivity contribution in [3.63, 3.8) is 0 Å². The van der Waals surface area contributed by atoms with Crippen LogP contribution >= 0.6 is 35.0 Å². The summed E-state index contributed by atoms with van der Waals surface area (Å²) in [5.74, 6) is 1.72. The Bertz CT molecular complexity index is 1490. The Hall–Kier alpha value is -3.73. The van der Waals surface area contributed by atoms with Gasteiger partial charge in [0, 0.05) is 11.3 Å². The topological polar surface area (TPSA) is 99.9 Å². The normalized spacial score (nSPS) is 11.3. The van der Waals surface area contributed by atoms with E-state index in [-0.39, 0.29) is 11.7 Å². The Kier molecular flexibility index (Phi) is 9.34. The van der Waals surface area contributed by atoms with Crippen LogP contribution in [-0.2, 0) is 4.79 Å². The Morgan fingerprint density at radius 3 is 2.26 bits per heavy atom. The average molecular weight is 587 g/mol. The van der Waals surface area contributed by atoms with Crippen molar-refractivity contribution >= 4 is 46.6 Å². The summed E-state index contributed by atoms with van der Waals surface area (Å²) < 4.78 is 18.3. The van der Waals surface area contributed by atoms with E-state index >= 15 is 0 Å². The van der Waals surface area contributed by atoms with E-state index in [0.29, 0.717) is 49.5 Å². The third-order valence-corrected chi connectivity index (χ3v) is 7.26. The van der Waals surface area contributed by atoms with Gasteiger partial charge in [-0.15, -0.1) is 10.2 Å². The molecule has 0 aliphatic carbocycles. The molecule has 12 heteroatoms. The number of aromatic nitrogens is 3. The Labute approximate surface area is 240 Å². The number of benzene rings is 3. The smallest absolute Gasteiger partial charge is 0.250 e.